The molecule has 0 spiro atoms. The molecule has 0 atom stereocenters. The number of nitrogens with zero attached hydrogens (tertiary/aromatic N) is 2. The zero-order valence-electron chi connectivity index (χ0n) is 10.1. The van der Waals surface area contributed by atoms with E-state index in [4.69, 9.17) is 10.2 Å². The predicted molar refractivity (Wildman–Crippen MR) is 67.6 cm³/mol. The number of aromatic nitrogens is 2. The molecule has 0 unspecified atom stereocenters. The SMILES string of the molecule is O=C(O)Cn1cc(NC(=O)c2ccc(O)c(O)c2)cn1. The smallest absolute Gasteiger partial charge is 0.325 e. The molecule has 2 aromatic rings. The van der Waals surface area contributed by atoms with Crippen molar-refractivity contribution in [1.82, 2.24) is 9.78 Å². The minimum absolute atomic E-state index is 0.145. The van der Waals surface area contributed by atoms with Gasteiger partial charge in [0.25, 0.3) is 5.91 Å². The van der Waals surface area contributed by atoms with E-state index in [1.165, 1.54) is 24.5 Å². The number of hydrogen-bond donors (Lipinski definition) is 4. The van der Waals surface area contributed by atoms with E-state index in [2.05, 4.69) is 10.4 Å². The van der Waals surface area contributed by atoms with Gasteiger partial charge in [-0.2, -0.15) is 5.10 Å². The number of carboxylic acids is 1. The van der Waals surface area contributed by atoms with Crippen LogP contribution < -0.4 is 5.32 Å². The number of anilines is 1. The standard InChI is InChI=1S/C12H11N3O5/c16-9-2-1-7(3-10(9)17)12(20)14-8-4-13-15(5-8)6-11(18)19/h1-5,16-17H,6H2,(H,14,20)(H,18,19). The van der Waals surface area contributed by atoms with E-state index < -0.39 is 17.6 Å². The molecule has 4 N–H and O–H groups in total. The number of amides is 1. The summed E-state index contributed by atoms with van der Waals surface area (Å²) in [5, 5.41) is 33.3. The minimum atomic E-state index is -1.05. The van der Waals surface area contributed by atoms with Crippen molar-refractivity contribution in [2.45, 2.75) is 6.54 Å². The molecule has 20 heavy (non-hydrogen) atoms. The Bertz CT molecular complexity index is 665. The summed E-state index contributed by atoms with van der Waals surface area (Å²) in [6.07, 6.45) is 2.67. The minimum Gasteiger partial charge on any atom is -0.504 e. The third kappa shape index (κ3) is 3.05. The lowest BCUT2D eigenvalue weighted by Crippen LogP contribution is -2.11. The zero-order valence-corrected chi connectivity index (χ0v) is 10.1. The van der Waals surface area contributed by atoms with Crippen LogP contribution in [0.5, 0.6) is 11.5 Å². The van der Waals surface area contributed by atoms with Crippen LogP contribution in [0, 0.1) is 0 Å². The average Bonchev–Trinajstić information content (AvgIpc) is 2.79. The van der Waals surface area contributed by atoms with E-state index >= 15 is 0 Å². The molecule has 0 saturated carbocycles. The lowest BCUT2D eigenvalue weighted by molar-refractivity contribution is -0.137. The van der Waals surface area contributed by atoms with Crippen molar-refractivity contribution in [2.75, 3.05) is 5.32 Å². The molecule has 0 aliphatic carbocycles. The molecule has 0 aliphatic heterocycles. The molecule has 1 aromatic carbocycles. The molecule has 8 nitrogen and oxygen atoms in total. The Morgan fingerprint density at radius 2 is 2.00 bits per heavy atom. The van der Waals surface area contributed by atoms with Gasteiger partial charge in [-0.3, -0.25) is 14.3 Å². The summed E-state index contributed by atoms with van der Waals surface area (Å²) in [5.41, 5.74) is 0.468. The van der Waals surface area contributed by atoms with Crippen LogP contribution in [0.3, 0.4) is 0 Å². The highest BCUT2D eigenvalue weighted by atomic mass is 16.4. The van der Waals surface area contributed by atoms with Gasteiger partial charge < -0.3 is 20.6 Å². The second-order valence-corrected chi connectivity index (χ2v) is 3.98. The van der Waals surface area contributed by atoms with Crippen LogP contribution in [0.15, 0.2) is 30.6 Å². The fourth-order valence-corrected chi connectivity index (χ4v) is 1.52. The molecule has 104 valence electrons. The van der Waals surface area contributed by atoms with Gasteiger partial charge in [-0.1, -0.05) is 0 Å². The maximum Gasteiger partial charge on any atom is 0.325 e. The summed E-state index contributed by atoms with van der Waals surface area (Å²) in [7, 11) is 0. The van der Waals surface area contributed by atoms with Crippen molar-refractivity contribution in [1.29, 1.82) is 0 Å². The van der Waals surface area contributed by atoms with E-state index in [0.29, 0.717) is 5.69 Å². The number of carboxylic acid groups (broad SMARTS) is 1. The lowest BCUT2D eigenvalue weighted by Gasteiger charge is -2.04. The van der Waals surface area contributed by atoms with Gasteiger partial charge in [0, 0.05) is 11.8 Å². The van der Waals surface area contributed by atoms with Crippen LogP contribution in [-0.4, -0.2) is 37.0 Å². The molecule has 0 radical (unpaired) electrons. The van der Waals surface area contributed by atoms with Crippen LogP contribution in [-0.2, 0) is 11.3 Å². The Morgan fingerprint density at radius 3 is 2.65 bits per heavy atom. The summed E-state index contributed by atoms with van der Waals surface area (Å²) in [6.45, 7) is -0.310. The largest absolute Gasteiger partial charge is 0.504 e. The first-order valence-electron chi connectivity index (χ1n) is 5.53. The highest BCUT2D eigenvalue weighted by Gasteiger charge is 2.10. The van der Waals surface area contributed by atoms with Crippen LogP contribution >= 0.6 is 0 Å². The quantitative estimate of drug-likeness (QED) is 0.607. The Morgan fingerprint density at radius 1 is 1.25 bits per heavy atom. The first-order valence-corrected chi connectivity index (χ1v) is 5.53. The van der Waals surface area contributed by atoms with Crippen molar-refractivity contribution in [3.05, 3.63) is 36.2 Å². The maximum absolute atomic E-state index is 11.9. The molecule has 1 amide bonds. The summed E-state index contributed by atoms with van der Waals surface area (Å²) < 4.78 is 1.16. The number of rotatable bonds is 4. The highest BCUT2D eigenvalue weighted by Crippen LogP contribution is 2.25. The molecular formula is C12H11N3O5. The normalized spacial score (nSPS) is 10.2. The van der Waals surface area contributed by atoms with Crippen molar-refractivity contribution in [3.8, 4) is 11.5 Å². The van der Waals surface area contributed by atoms with Crippen molar-refractivity contribution in [2.24, 2.45) is 0 Å². The number of aliphatic carboxylic acids is 1. The Kier molecular flexibility index (Phi) is 3.56. The van der Waals surface area contributed by atoms with Crippen molar-refractivity contribution < 1.29 is 24.9 Å². The first-order chi connectivity index (χ1) is 9.45. The Balaban J connectivity index is 2.09. The van der Waals surface area contributed by atoms with Gasteiger partial charge in [-0.15, -0.1) is 0 Å². The van der Waals surface area contributed by atoms with Gasteiger partial charge in [-0.05, 0) is 18.2 Å². The summed E-state index contributed by atoms with van der Waals surface area (Å²) >= 11 is 0. The third-order valence-electron chi connectivity index (χ3n) is 2.43. The Labute approximate surface area is 112 Å². The van der Waals surface area contributed by atoms with Crippen LogP contribution in [0.2, 0.25) is 0 Å². The van der Waals surface area contributed by atoms with E-state index in [0.717, 1.165) is 10.7 Å². The third-order valence-corrected chi connectivity index (χ3v) is 2.43. The number of phenols is 2. The highest BCUT2D eigenvalue weighted by molar-refractivity contribution is 6.04. The number of carbonyl (C=O) groups is 2. The lowest BCUT2D eigenvalue weighted by atomic mass is 10.2. The van der Waals surface area contributed by atoms with E-state index in [1.54, 1.807) is 0 Å². The average molecular weight is 277 g/mol. The van der Waals surface area contributed by atoms with Gasteiger partial charge in [0.05, 0.1) is 11.9 Å². The number of carbonyl (C=O) groups excluding carboxylic acids is 1. The van der Waals surface area contributed by atoms with Gasteiger partial charge in [0.15, 0.2) is 11.5 Å². The summed E-state index contributed by atoms with van der Waals surface area (Å²) in [5.74, 6) is -2.29. The molecular weight excluding hydrogens is 266 g/mol. The van der Waals surface area contributed by atoms with E-state index in [1.807, 2.05) is 0 Å². The zero-order chi connectivity index (χ0) is 14.7. The molecule has 1 heterocycles. The van der Waals surface area contributed by atoms with Gasteiger partial charge >= 0.3 is 5.97 Å². The van der Waals surface area contributed by atoms with Crippen LogP contribution in [0.1, 0.15) is 10.4 Å². The first kappa shape index (κ1) is 13.4. The topological polar surface area (TPSA) is 125 Å². The van der Waals surface area contributed by atoms with E-state index in [-0.39, 0.29) is 17.9 Å². The molecule has 2 rings (SSSR count). The van der Waals surface area contributed by atoms with E-state index in [9.17, 15) is 14.7 Å². The van der Waals surface area contributed by atoms with Gasteiger partial charge in [0.1, 0.15) is 6.54 Å². The predicted octanol–water partition coefficient (Wildman–Crippen LogP) is 0.631. The second-order valence-electron chi connectivity index (χ2n) is 3.98. The molecule has 0 bridgehead atoms. The molecule has 0 saturated heterocycles. The number of aromatic hydroxyl groups is 2. The fraction of sp³-hybridized carbons (Fsp3) is 0.0833. The number of benzene rings is 1. The van der Waals surface area contributed by atoms with Crippen molar-refractivity contribution >= 4 is 17.6 Å². The molecule has 0 fully saturated rings. The van der Waals surface area contributed by atoms with Crippen LogP contribution in [0.4, 0.5) is 5.69 Å². The summed E-state index contributed by atoms with van der Waals surface area (Å²) in [4.78, 5) is 22.3. The van der Waals surface area contributed by atoms with Gasteiger partial charge in [-0.25, -0.2) is 0 Å². The monoisotopic (exact) mass is 277 g/mol. The Hall–Kier alpha value is -3.03. The van der Waals surface area contributed by atoms with Crippen LogP contribution in [0.25, 0.3) is 0 Å². The molecule has 1 aromatic heterocycles. The molecule has 0 aliphatic rings. The van der Waals surface area contributed by atoms with Crippen molar-refractivity contribution in [3.63, 3.8) is 0 Å². The number of phenolic OH excluding ortho intramolecular Hbond substituents is 2. The summed E-state index contributed by atoms with van der Waals surface area (Å²) in [6, 6.07) is 3.65. The fourth-order valence-electron chi connectivity index (χ4n) is 1.52. The number of hydrogen-bond acceptors (Lipinski definition) is 5. The maximum atomic E-state index is 11.9. The number of nitrogens with one attached hydrogen (secondary N) is 1. The van der Waals surface area contributed by atoms with Gasteiger partial charge in [0.2, 0.25) is 0 Å². The second kappa shape index (κ2) is 5.31. The molecule has 8 heteroatoms.